The van der Waals surface area contributed by atoms with E-state index in [9.17, 15) is 44.3 Å². The predicted molar refractivity (Wildman–Crippen MR) is 162 cm³/mol. The predicted octanol–water partition coefficient (Wildman–Crippen LogP) is 7.52. The number of anilines is 1. The van der Waals surface area contributed by atoms with E-state index in [1.165, 1.54) is 6.07 Å². The summed E-state index contributed by atoms with van der Waals surface area (Å²) in [6.45, 7) is 0.980. The molecule has 48 heavy (non-hydrogen) atoms. The molecular weight excluding hydrogens is 675 g/mol. The summed E-state index contributed by atoms with van der Waals surface area (Å²) in [5.74, 6) is -0.263. The highest BCUT2D eigenvalue weighted by Gasteiger charge is 2.48. The van der Waals surface area contributed by atoms with Crippen LogP contribution in [0.3, 0.4) is 0 Å². The van der Waals surface area contributed by atoms with E-state index in [1.807, 2.05) is 0 Å². The van der Waals surface area contributed by atoms with Crippen LogP contribution in [-0.4, -0.2) is 67.1 Å². The van der Waals surface area contributed by atoms with Gasteiger partial charge in [-0.1, -0.05) is 29.8 Å². The third-order valence-corrected chi connectivity index (χ3v) is 9.11. The third-order valence-electron chi connectivity index (χ3n) is 8.87. The van der Waals surface area contributed by atoms with E-state index in [0.717, 1.165) is 17.7 Å². The van der Waals surface area contributed by atoms with E-state index in [4.69, 9.17) is 11.6 Å². The summed E-state index contributed by atoms with van der Waals surface area (Å²) in [5, 5.41) is 3.76. The molecule has 3 aromatic rings. The molecule has 0 unspecified atom stereocenters. The first-order valence-corrected chi connectivity index (χ1v) is 15.4. The maximum atomic E-state index is 14.3. The summed E-state index contributed by atoms with van der Waals surface area (Å²) in [6, 6.07) is 12.9. The lowest BCUT2D eigenvalue weighted by molar-refractivity contribution is -0.143. The van der Waals surface area contributed by atoms with Crippen LogP contribution in [-0.2, 0) is 36.3 Å². The second-order valence-corrected chi connectivity index (χ2v) is 12.7. The average molecular weight is 707 g/mol. The van der Waals surface area contributed by atoms with Crippen molar-refractivity contribution in [1.82, 2.24) is 15.1 Å². The van der Waals surface area contributed by atoms with Crippen LogP contribution in [0.5, 0.6) is 0 Å². The summed E-state index contributed by atoms with van der Waals surface area (Å²) >= 11 is 6.22. The minimum absolute atomic E-state index is 0.0854. The van der Waals surface area contributed by atoms with Gasteiger partial charge in [-0.3, -0.25) is 9.69 Å². The van der Waals surface area contributed by atoms with Gasteiger partial charge in [0.05, 0.1) is 16.7 Å². The van der Waals surface area contributed by atoms with Crippen molar-refractivity contribution in [3.8, 4) is 0 Å². The van der Waals surface area contributed by atoms with E-state index >= 15 is 0 Å². The summed E-state index contributed by atoms with van der Waals surface area (Å²) in [7, 11) is 1.58. The lowest BCUT2D eigenvalue weighted by Gasteiger charge is -2.41. The van der Waals surface area contributed by atoms with Crippen LogP contribution < -0.4 is 10.2 Å². The fourth-order valence-electron chi connectivity index (χ4n) is 6.42. The summed E-state index contributed by atoms with van der Waals surface area (Å²) < 4.78 is 121. The van der Waals surface area contributed by atoms with Gasteiger partial charge in [-0.2, -0.15) is 39.5 Å². The molecule has 260 valence electrons. The Morgan fingerprint density at radius 2 is 1.42 bits per heavy atom. The Morgan fingerprint density at radius 1 is 0.812 bits per heavy atom. The lowest BCUT2D eigenvalue weighted by atomic mass is 9.86. The first kappa shape index (κ1) is 35.8. The molecule has 0 spiro atoms. The molecule has 15 heteroatoms. The molecule has 2 aliphatic rings. The molecule has 2 atom stereocenters. The van der Waals surface area contributed by atoms with Crippen LogP contribution in [0.2, 0.25) is 5.02 Å². The van der Waals surface area contributed by atoms with Crippen molar-refractivity contribution in [3.05, 3.63) is 99.6 Å². The number of nitrogens with one attached hydrogen (secondary N) is 1. The SMILES string of the molecule is CN(Cc1cc(C(F)(F)F)cc(C(F)(F)F)c1)[C@@H]1CN[C@](Cc2cccc(Cl)c2)(C(=O)N2CCN(c3cccc(C(F)(F)F)c3)CC2)C1. The zero-order valence-corrected chi connectivity index (χ0v) is 26.4. The molecule has 0 bridgehead atoms. The van der Waals surface area contributed by atoms with Crippen LogP contribution in [0.15, 0.2) is 66.7 Å². The number of likely N-dealkylation sites (N-methyl/N-ethyl adjacent to an activating group) is 1. The fourth-order valence-corrected chi connectivity index (χ4v) is 6.63. The summed E-state index contributed by atoms with van der Waals surface area (Å²) in [6.07, 6.45) is -14.1. The smallest absolute Gasteiger partial charge is 0.368 e. The molecule has 3 aromatic carbocycles. The molecule has 5 nitrogen and oxygen atoms in total. The fraction of sp³-hybridized carbons (Fsp3) is 0.424. The van der Waals surface area contributed by atoms with Gasteiger partial charge in [0.25, 0.3) is 0 Å². The molecule has 2 aliphatic heterocycles. The average Bonchev–Trinajstić information content (AvgIpc) is 3.44. The quantitative estimate of drug-likeness (QED) is 0.258. The van der Waals surface area contributed by atoms with Gasteiger partial charge < -0.3 is 15.1 Å². The molecular formula is C33H32ClF9N4O. The molecule has 0 saturated carbocycles. The van der Waals surface area contributed by atoms with E-state index in [0.29, 0.717) is 22.8 Å². The number of hydrogen-bond acceptors (Lipinski definition) is 4. The van der Waals surface area contributed by atoms with Crippen molar-refractivity contribution in [2.45, 2.75) is 49.5 Å². The van der Waals surface area contributed by atoms with Gasteiger partial charge in [0.1, 0.15) is 5.54 Å². The first-order valence-electron chi connectivity index (χ1n) is 15.0. The van der Waals surface area contributed by atoms with E-state index < -0.39 is 46.8 Å². The van der Waals surface area contributed by atoms with Crippen LogP contribution >= 0.6 is 11.6 Å². The van der Waals surface area contributed by atoms with E-state index in [1.54, 1.807) is 52.1 Å². The monoisotopic (exact) mass is 706 g/mol. The Labute approximate surface area is 276 Å². The lowest BCUT2D eigenvalue weighted by Crippen LogP contribution is -2.60. The highest BCUT2D eigenvalue weighted by Crippen LogP contribution is 2.38. The normalized spacial score (nSPS) is 20.9. The van der Waals surface area contributed by atoms with Gasteiger partial charge in [0.2, 0.25) is 5.91 Å². The number of carbonyl (C=O) groups excluding carboxylic acids is 1. The molecule has 2 heterocycles. The van der Waals surface area contributed by atoms with Gasteiger partial charge in [0.15, 0.2) is 0 Å². The van der Waals surface area contributed by atoms with E-state index in [2.05, 4.69) is 5.32 Å². The zero-order valence-electron chi connectivity index (χ0n) is 25.6. The molecule has 1 N–H and O–H groups in total. The standard InChI is InChI=1S/C33H32ClF9N4O/c1-45(20-22-12-24(32(38,39)40)15-25(13-22)33(41,42)43)28-18-30(44-19-28,17-21-4-2-6-26(34)14-21)29(48)47-10-8-46(9-11-47)27-7-3-5-23(16-27)31(35,36)37/h2-7,12-16,28,44H,8-11,17-20H2,1H3/t28-,30-/m0/s1. The number of amides is 1. The highest BCUT2D eigenvalue weighted by atomic mass is 35.5. The van der Waals surface area contributed by atoms with Gasteiger partial charge >= 0.3 is 18.5 Å². The number of piperazine rings is 1. The van der Waals surface area contributed by atoms with Gasteiger partial charge in [0, 0.05) is 56.0 Å². The number of nitrogens with zero attached hydrogens (tertiary/aromatic N) is 3. The van der Waals surface area contributed by atoms with Gasteiger partial charge in [-0.15, -0.1) is 0 Å². The number of halogens is 10. The molecule has 0 aliphatic carbocycles. The van der Waals surface area contributed by atoms with Crippen LogP contribution in [0.25, 0.3) is 0 Å². The Bertz CT molecular complexity index is 1590. The van der Waals surface area contributed by atoms with Crippen LogP contribution in [0.1, 0.15) is 34.2 Å². The largest absolute Gasteiger partial charge is 0.416 e. The summed E-state index contributed by atoms with van der Waals surface area (Å²) in [4.78, 5) is 19.3. The number of hydrogen-bond donors (Lipinski definition) is 1. The molecule has 2 fully saturated rings. The van der Waals surface area contributed by atoms with Gasteiger partial charge in [-0.25, -0.2) is 0 Å². The number of benzene rings is 3. The van der Waals surface area contributed by atoms with Crippen molar-refractivity contribution in [2.24, 2.45) is 0 Å². The molecule has 1 amide bonds. The molecule has 0 aromatic heterocycles. The van der Waals surface area contributed by atoms with Crippen molar-refractivity contribution in [2.75, 3.05) is 44.7 Å². The second kappa shape index (κ2) is 13.4. The van der Waals surface area contributed by atoms with Crippen molar-refractivity contribution in [3.63, 3.8) is 0 Å². The third kappa shape index (κ3) is 8.20. The molecule has 0 radical (unpaired) electrons. The van der Waals surface area contributed by atoms with E-state index in [-0.39, 0.29) is 69.6 Å². The Balaban J connectivity index is 1.35. The van der Waals surface area contributed by atoms with Crippen LogP contribution in [0, 0.1) is 0 Å². The van der Waals surface area contributed by atoms with Crippen molar-refractivity contribution >= 4 is 23.2 Å². The molecule has 5 rings (SSSR count). The van der Waals surface area contributed by atoms with Crippen molar-refractivity contribution < 1.29 is 44.3 Å². The minimum Gasteiger partial charge on any atom is -0.368 e. The highest BCUT2D eigenvalue weighted by molar-refractivity contribution is 6.30. The zero-order chi connectivity index (χ0) is 35.1. The number of rotatable bonds is 7. The van der Waals surface area contributed by atoms with Gasteiger partial charge in [-0.05, 0) is 79.5 Å². The number of alkyl halides is 9. The summed E-state index contributed by atoms with van der Waals surface area (Å²) in [5.41, 5.74) is -3.82. The maximum Gasteiger partial charge on any atom is 0.416 e. The Morgan fingerprint density at radius 3 is 2.00 bits per heavy atom. The van der Waals surface area contributed by atoms with Crippen LogP contribution in [0.4, 0.5) is 45.2 Å². The topological polar surface area (TPSA) is 38.8 Å². The second-order valence-electron chi connectivity index (χ2n) is 12.3. The number of carbonyl (C=O) groups is 1. The van der Waals surface area contributed by atoms with Crippen molar-refractivity contribution in [1.29, 1.82) is 0 Å². The minimum atomic E-state index is -4.98. The Kier molecular flexibility index (Phi) is 10.0. The first-order chi connectivity index (χ1) is 22.3. The molecule has 2 saturated heterocycles. The maximum absolute atomic E-state index is 14.3. The Hall–Kier alpha value is -3.49.